The summed E-state index contributed by atoms with van der Waals surface area (Å²) >= 11 is 0. The molecule has 0 bridgehead atoms. The second kappa shape index (κ2) is 4.58. The summed E-state index contributed by atoms with van der Waals surface area (Å²) in [6.07, 6.45) is -0.852. The lowest BCUT2D eigenvalue weighted by Gasteiger charge is -2.11. The molecule has 0 saturated carbocycles. The summed E-state index contributed by atoms with van der Waals surface area (Å²) in [5.41, 5.74) is 0.356. The number of phenolic OH excluding ortho intramolecular Hbond substituents is 2. The number of alkyl halides is 1. The zero-order valence-corrected chi connectivity index (χ0v) is 8.98. The predicted molar refractivity (Wildman–Crippen MR) is 59.7 cm³/mol. The zero-order chi connectivity index (χ0) is 12.4. The van der Waals surface area contributed by atoms with E-state index in [2.05, 4.69) is 10.6 Å². The van der Waals surface area contributed by atoms with E-state index < -0.39 is 12.2 Å². The van der Waals surface area contributed by atoms with Crippen molar-refractivity contribution in [3.05, 3.63) is 18.2 Å². The smallest absolute Gasteiger partial charge is 0.241 e. The molecule has 2 rings (SSSR count). The van der Waals surface area contributed by atoms with Gasteiger partial charge < -0.3 is 20.8 Å². The minimum Gasteiger partial charge on any atom is -0.504 e. The Hall–Kier alpha value is -1.82. The fourth-order valence-electron chi connectivity index (χ4n) is 1.72. The van der Waals surface area contributed by atoms with Gasteiger partial charge in [0.25, 0.3) is 0 Å². The van der Waals surface area contributed by atoms with Crippen molar-refractivity contribution in [1.82, 2.24) is 5.32 Å². The molecule has 1 fully saturated rings. The van der Waals surface area contributed by atoms with Gasteiger partial charge in [0, 0.05) is 24.7 Å². The van der Waals surface area contributed by atoms with Crippen molar-refractivity contribution in [2.24, 2.45) is 0 Å². The molecule has 1 aliphatic heterocycles. The van der Waals surface area contributed by atoms with E-state index in [1.807, 2.05) is 0 Å². The van der Waals surface area contributed by atoms with Crippen LogP contribution in [0.5, 0.6) is 11.5 Å². The number of benzene rings is 1. The fourth-order valence-corrected chi connectivity index (χ4v) is 1.72. The van der Waals surface area contributed by atoms with Crippen molar-refractivity contribution >= 4 is 11.6 Å². The molecule has 5 nitrogen and oxygen atoms in total. The SMILES string of the molecule is O=C(Nc1ccc(O)c(O)c1)[C@H]1C[C@H](F)CN1. The van der Waals surface area contributed by atoms with E-state index in [1.165, 1.54) is 18.2 Å². The molecule has 0 aliphatic carbocycles. The Morgan fingerprint density at radius 3 is 2.76 bits per heavy atom. The summed E-state index contributed by atoms with van der Waals surface area (Å²) in [7, 11) is 0. The summed E-state index contributed by atoms with van der Waals surface area (Å²) in [4.78, 5) is 11.7. The number of halogens is 1. The molecule has 4 N–H and O–H groups in total. The number of nitrogens with one attached hydrogen (secondary N) is 2. The van der Waals surface area contributed by atoms with Crippen LogP contribution in [0, 0.1) is 0 Å². The van der Waals surface area contributed by atoms with Gasteiger partial charge in [-0.15, -0.1) is 0 Å². The Balaban J connectivity index is 2.00. The molecule has 1 aliphatic rings. The Morgan fingerprint density at radius 1 is 1.41 bits per heavy atom. The zero-order valence-electron chi connectivity index (χ0n) is 8.98. The van der Waals surface area contributed by atoms with Crippen molar-refractivity contribution < 1.29 is 19.4 Å². The predicted octanol–water partition coefficient (Wildman–Crippen LogP) is 0.736. The van der Waals surface area contributed by atoms with Gasteiger partial charge >= 0.3 is 0 Å². The van der Waals surface area contributed by atoms with E-state index in [1.54, 1.807) is 0 Å². The van der Waals surface area contributed by atoms with E-state index >= 15 is 0 Å². The van der Waals surface area contributed by atoms with Gasteiger partial charge in [-0.1, -0.05) is 0 Å². The van der Waals surface area contributed by atoms with Crippen molar-refractivity contribution in [2.45, 2.75) is 18.6 Å². The molecule has 0 unspecified atom stereocenters. The third kappa shape index (κ3) is 2.65. The van der Waals surface area contributed by atoms with Crippen LogP contribution in [0.1, 0.15) is 6.42 Å². The summed E-state index contributed by atoms with van der Waals surface area (Å²) in [6, 6.07) is 3.40. The van der Waals surface area contributed by atoms with Crippen LogP contribution in [0.2, 0.25) is 0 Å². The van der Waals surface area contributed by atoms with Gasteiger partial charge in [0.2, 0.25) is 5.91 Å². The van der Waals surface area contributed by atoms with E-state index in [0.717, 1.165) is 0 Å². The highest BCUT2D eigenvalue weighted by atomic mass is 19.1. The van der Waals surface area contributed by atoms with Gasteiger partial charge in [0.15, 0.2) is 11.5 Å². The monoisotopic (exact) mass is 240 g/mol. The topological polar surface area (TPSA) is 81.6 Å². The number of aromatic hydroxyl groups is 2. The van der Waals surface area contributed by atoms with Crippen LogP contribution in [0.4, 0.5) is 10.1 Å². The lowest BCUT2D eigenvalue weighted by atomic mass is 10.2. The van der Waals surface area contributed by atoms with Gasteiger partial charge in [0.05, 0.1) is 6.04 Å². The molecule has 1 amide bonds. The summed E-state index contributed by atoms with van der Waals surface area (Å²) in [5.74, 6) is -0.924. The number of carbonyl (C=O) groups excluding carboxylic acids is 1. The first-order chi connectivity index (χ1) is 8.06. The molecule has 0 aromatic heterocycles. The number of phenols is 2. The van der Waals surface area contributed by atoms with Crippen LogP contribution in [-0.2, 0) is 4.79 Å². The molecule has 92 valence electrons. The molecule has 1 aromatic carbocycles. The number of hydrogen-bond donors (Lipinski definition) is 4. The fraction of sp³-hybridized carbons (Fsp3) is 0.364. The van der Waals surface area contributed by atoms with Crippen LogP contribution in [-0.4, -0.2) is 34.9 Å². The van der Waals surface area contributed by atoms with E-state index in [-0.39, 0.29) is 30.4 Å². The van der Waals surface area contributed by atoms with E-state index in [0.29, 0.717) is 5.69 Å². The molecule has 2 atom stereocenters. The van der Waals surface area contributed by atoms with Gasteiger partial charge in [-0.05, 0) is 12.1 Å². The molecule has 1 heterocycles. The first-order valence-electron chi connectivity index (χ1n) is 5.26. The Labute approximate surface area is 97.3 Å². The lowest BCUT2D eigenvalue weighted by Crippen LogP contribution is -2.35. The number of rotatable bonds is 2. The molecule has 0 radical (unpaired) electrons. The van der Waals surface area contributed by atoms with E-state index in [4.69, 9.17) is 5.11 Å². The summed E-state index contributed by atoms with van der Waals surface area (Å²) < 4.78 is 12.9. The van der Waals surface area contributed by atoms with Crippen molar-refractivity contribution in [3.8, 4) is 11.5 Å². The molecule has 1 saturated heterocycles. The Kier molecular flexibility index (Phi) is 3.14. The molecule has 0 spiro atoms. The second-order valence-corrected chi connectivity index (χ2v) is 3.99. The van der Waals surface area contributed by atoms with Gasteiger partial charge in [-0.25, -0.2) is 4.39 Å². The standard InChI is InChI=1S/C11H13FN2O3/c12-6-3-8(13-5-6)11(17)14-7-1-2-9(15)10(16)4-7/h1-2,4,6,8,13,15-16H,3,5H2,(H,14,17)/t6-,8+/m0/s1. The minimum atomic E-state index is -1.00. The van der Waals surface area contributed by atoms with Crippen LogP contribution in [0.25, 0.3) is 0 Å². The summed E-state index contributed by atoms with van der Waals surface area (Å²) in [6.45, 7) is 0.179. The first kappa shape index (κ1) is 11.7. The van der Waals surface area contributed by atoms with Gasteiger partial charge in [0.1, 0.15) is 6.17 Å². The third-order valence-corrected chi connectivity index (χ3v) is 2.64. The highest BCUT2D eigenvalue weighted by Gasteiger charge is 2.29. The Bertz CT molecular complexity index is 439. The van der Waals surface area contributed by atoms with Gasteiger partial charge in [-0.2, -0.15) is 0 Å². The van der Waals surface area contributed by atoms with Crippen LogP contribution in [0.3, 0.4) is 0 Å². The highest BCUT2D eigenvalue weighted by molar-refractivity contribution is 5.95. The van der Waals surface area contributed by atoms with Crippen LogP contribution < -0.4 is 10.6 Å². The Morgan fingerprint density at radius 2 is 2.18 bits per heavy atom. The summed E-state index contributed by atoms with van der Waals surface area (Å²) in [5, 5.41) is 23.6. The number of amides is 1. The molecular weight excluding hydrogens is 227 g/mol. The average molecular weight is 240 g/mol. The first-order valence-corrected chi connectivity index (χ1v) is 5.26. The molecule has 6 heteroatoms. The van der Waals surface area contributed by atoms with E-state index in [9.17, 15) is 14.3 Å². The average Bonchev–Trinajstić information content (AvgIpc) is 2.70. The van der Waals surface area contributed by atoms with Crippen LogP contribution >= 0.6 is 0 Å². The lowest BCUT2D eigenvalue weighted by molar-refractivity contribution is -0.117. The molecule has 17 heavy (non-hydrogen) atoms. The largest absolute Gasteiger partial charge is 0.504 e. The quantitative estimate of drug-likeness (QED) is 0.454. The van der Waals surface area contributed by atoms with Crippen molar-refractivity contribution in [2.75, 3.05) is 11.9 Å². The van der Waals surface area contributed by atoms with Gasteiger partial charge in [-0.3, -0.25) is 4.79 Å². The molecule has 1 aromatic rings. The minimum absolute atomic E-state index is 0.149. The maximum atomic E-state index is 12.9. The maximum Gasteiger partial charge on any atom is 0.241 e. The molecular formula is C11H13FN2O3. The number of anilines is 1. The highest BCUT2D eigenvalue weighted by Crippen LogP contribution is 2.27. The maximum absolute atomic E-state index is 12.9. The van der Waals surface area contributed by atoms with Crippen LogP contribution in [0.15, 0.2) is 18.2 Å². The second-order valence-electron chi connectivity index (χ2n) is 3.99. The van der Waals surface area contributed by atoms with Crippen molar-refractivity contribution in [1.29, 1.82) is 0 Å². The van der Waals surface area contributed by atoms with Crippen molar-refractivity contribution in [3.63, 3.8) is 0 Å². The number of carbonyl (C=O) groups is 1. The third-order valence-electron chi connectivity index (χ3n) is 2.64. The number of hydrogen-bond acceptors (Lipinski definition) is 4. The normalized spacial score (nSPS) is 23.6.